The number of aliphatic hydroxyl groups excluding tert-OH is 1. The smallest absolute Gasteiger partial charge is 0.255 e. The first kappa shape index (κ1) is 16.1. The van der Waals surface area contributed by atoms with E-state index in [9.17, 15) is 9.90 Å². The van der Waals surface area contributed by atoms with Gasteiger partial charge in [0.25, 0.3) is 5.91 Å². The van der Waals surface area contributed by atoms with Crippen LogP contribution in [0.3, 0.4) is 0 Å². The molecule has 0 bridgehead atoms. The van der Waals surface area contributed by atoms with Gasteiger partial charge in [0, 0.05) is 11.9 Å². The van der Waals surface area contributed by atoms with E-state index in [0.717, 1.165) is 10.9 Å². The molecule has 0 aliphatic heterocycles. The highest BCUT2D eigenvalue weighted by Gasteiger charge is 2.14. The average Bonchev–Trinajstić information content (AvgIpc) is 3.02. The van der Waals surface area contributed by atoms with Crippen LogP contribution in [0.2, 0.25) is 0 Å². The first-order valence-electron chi connectivity index (χ1n) is 7.75. The van der Waals surface area contributed by atoms with Crippen LogP contribution in [-0.4, -0.2) is 30.3 Å². The van der Waals surface area contributed by atoms with Gasteiger partial charge in [0.2, 0.25) is 0 Å². The molecule has 0 saturated heterocycles. The molecule has 5 heteroatoms. The third-order valence-electron chi connectivity index (χ3n) is 3.66. The van der Waals surface area contributed by atoms with Crippen molar-refractivity contribution in [2.24, 2.45) is 0 Å². The van der Waals surface area contributed by atoms with Crippen molar-refractivity contribution in [1.29, 1.82) is 0 Å². The minimum atomic E-state index is -0.798. The zero-order valence-electron chi connectivity index (χ0n) is 13.4. The monoisotopic (exact) mass is 325 g/mol. The Morgan fingerprint density at radius 3 is 2.92 bits per heavy atom. The topological polar surface area (TPSA) is 71.7 Å². The molecule has 0 saturated carbocycles. The van der Waals surface area contributed by atoms with E-state index in [4.69, 9.17) is 9.15 Å². The van der Waals surface area contributed by atoms with Crippen LogP contribution in [-0.2, 0) is 0 Å². The summed E-state index contributed by atoms with van der Waals surface area (Å²) in [4.78, 5) is 12.2. The van der Waals surface area contributed by atoms with E-state index in [0.29, 0.717) is 16.9 Å². The third kappa shape index (κ3) is 3.75. The number of carbonyl (C=O) groups is 1. The molecule has 1 unspecified atom stereocenters. The van der Waals surface area contributed by atoms with Crippen molar-refractivity contribution in [3.8, 4) is 5.75 Å². The van der Waals surface area contributed by atoms with Crippen LogP contribution in [0.15, 0.2) is 59.2 Å². The van der Waals surface area contributed by atoms with E-state index in [-0.39, 0.29) is 19.1 Å². The maximum Gasteiger partial charge on any atom is 0.255 e. The standard InChI is InChI=1S/C19H19NO4/c1-13-5-4-6-15(9-13)23-11-14(21)10-20-19(22)17-12-24-18-8-3-2-7-16(17)18/h2-9,12,14,21H,10-11H2,1H3,(H,20,22). The summed E-state index contributed by atoms with van der Waals surface area (Å²) in [6.07, 6.45) is 0.628. The highest BCUT2D eigenvalue weighted by Crippen LogP contribution is 2.20. The summed E-state index contributed by atoms with van der Waals surface area (Å²) >= 11 is 0. The van der Waals surface area contributed by atoms with E-state index in [1.165, 1.54) is 6.26 Å². The lowest BCUT2D eigenvalue weighted by Gasteiger charge is -2.13. The van der Waals surface area contributed by atoms with Crippen LogP contribution >= 0.6 is 0 Å². The van der Waals surface area contributed by atoms with Gasteiger partial charge < -0.3 is 19.6 Å². The Bertz CT molecular complexity index is 840. The van der Waals surface area contributed by atoms with Crippen LogP contribution in [0, 0.1) is 6.92 Å². The first-order chi connectivity index (χ1) is 11.6. The quantitative estimate of drug-likeness (QED) is 0.731. The summed E-state index contributed by atoms with van der Waals surface area (Å²) in [6.45, 7) is 2.18. The molecule has 0 fully saturated rings. The van der Waals surface area contributed by atoms with Gasteiger partial charge in [-0.15, -0.1) is 0 Å². The lowest BCUT2D eigenvalue weighted by molar-refractivity contribution is 0.0844. The van der Waals surface area contributed by atoms with Crippen molar-refractivity contribution in [2.45, 2.75) is 13.0 Å². The number of carbonyl (C=O) groups excluding carboxylic acids is 1. The molecule has 0 radical (unpaired) electrons. The molecule has 0 aliphatic carbocycles. The zero-order chi connectivity index (χ0) is 16.9. The van der Waals surface area contributed by atoms with Crippen LogP contribution < -0.4 is 10.1 Å². The molecule has 2 N–H and O–H groups in total. The Kier molecular flexibility index (Phi) is 4.82. The van der Waals surface area contributed by atoms with Gasteiger partial charge in [-0.25, -0.2) is 0 Å². The number of rotatable bonds is 6. The van der Waals surface area contributed by atoms with Crippen molar-refractivity contribution in [2.75, 3.05) is 13.2 Å². The summed E-state index contributed by atoms with van der Waals surface area (Å²) in [5.41, 5.74) is 2.20. The summed E-state index contributed by atoms with van der Waals surface area (Å²) < 4.78 is 10.9. The predicted molar refractivity (Wildman–Crippen MR) is 91.2 cm³/mol. The Hall–Kier alpha value is -2.79. The largest absolute Gasteiger partial charge is 0.491 e. The molecule has 3 rings (SSSR count). The molecule has 1 heterocycles. The normalized spacial score (nSPS) is 12.1. The zero-order valence-corrected chi connectivity index (χ0v) is 13.4. The molecule has 1 aromatic heterocycles. The fraction of sp³-hybridized carbons (Fsp3) is 0.211. The van der Waals surface area contributed by atoms with Gasteiger partial charge in [-0.2, -0.15) is 0 Å². The Balaban J connectivity index is 1.52. The van der Waals surface area contributed by atoms with Crippen molar-refractivity contribution in [3.63, 3.8) is 0 Å². The number of amides is 1. The lowest BCUT2D eigenvalue weighted by atomic mass is 10.1. The van der Waals surface area contributed by atoms with Crippen molar-refractivity contribution >= 4 is 16.9 Å². The van der Waals surface area contributed by atoms with E-state index in [2.05, 4.69) is 5.32 Å². The van der Waals surface area contributed by atoms with E-state index in [1.54, 1.807) is 6.07 Å². The molecule has 3 aromatic rings. The number of ether oxygens (including phenoxy) is 1. The first-order valence-corrected chi connectivity index (χ1v) is 7.75. The van der Waals surface area contributed by atoms with Crippen molar-refractivity contribution in [1.82, 2.24) is 5.32 Å². The fourth-order valence-corrected chi connectivity index (χ4v) is 2.42. The Morgan fingerprint density at radius 1 is 1.25 bits per heavy atom. The van der Waals surface area contributed by atoms with E-state index in [1.807, 2.05) is 49.4 Å². The van der Waals surface area contributed by atoms with Gasteiger partial charge >= 0.3 is 0 Å². The number of nitrogens with one attached hydrogen (secondary N) is 1. The maximum absolute atomic E-state index is 12.2. The van der Waals surface area contributed by atoms with Crippen molar-refractivity contribution in [3.05, 3.63) is 65.9 Å². The summed E-state index contributed by atoms with van der Waals surface area (Å²) in [5.74, 6) is 0.413. The van der Waals surface area contributed by atoms with Gasteiger partial charge in [0.15, 0.2) is 0 Å². The van der Waals surface area contributed by atoms with Crippen LogP contribution in [0.5, 0.6) is 5.75 Å². The highest BCUT2D eigenvalue weighted by atomic mass is 16.5. The number of hydrogen-bond acceptors (Lipinski definition) is 4. The summed E-state index contributed by atoms with van der Waals surface area (Å²) in [7, 11) is 0. The molecule has 1 amide bonds. The molecule has 24 heavy (non-hydrogen) atoms. The predicted octanol–water partition coefficient (Wildman–Crippen LogP) is 2.91. The van der Waals surface area contributed by atoms with Gasteiger partial charge in [0.05, 0.1) is 5.56 Å². The number of benzene rings is 2. The second-order valence-corrected chi connectivity index (χ2v) is 5.64. The minimum Gasteiger partial charge on any atom is -0.491 e. The molecule has 0 aliphatic rings. The summed E-state index contributed by atoms with van der Waals surface area (Å²) in [5, 5.41) is 13.4. The Labute approximate surface area is 139 Å². The lowest BCUT2D eigenvalue weighted by Crippen LogP contribution is -2.35. The second kappa shape index (κ2) is 7.19. The maximum atomic E-state index is 12.2. The molecule has 124 valence electrons. The number of hydrogen-bond donors (Lipinski definition) is 2. The number of furan rings is 1. The minimum absolute atomic E-state index is 0.101. The number of aliphatic hydroxyl groups is 1. The van der Waals surface area contributed by atoms with E-state index >= 15 is 0 Å². The van der Waals surface area contributed by atoms with Crippen LogP contribution in [0.4, 0.5) is 0 Å². The third-order valence-corrected chi connectivity index (χ3v) is 3.66. The highest BCUT2D eigenvalue weighted by molar-refractivity contribution is 6.05. The van der Waals surface area contributed by atoms with Crippen LogP contribution in [0.1, 0.15) is 15.9 Å². The average molecular weight is 325 g/mol. The molecular weight excluding hydrogens is 306 g/mol. The number of aryl methyl sites for hydroxylation is 1. The van der Waals surface area contributed by atoms with Crippen LogP contribution in [0.25, 0.3) is 11.0 Å². The summed E-state index contributed by atoms with van der Waals surface area (Å²) in [6, 6.07) is 14.9. The molecular formula is C19H19NO4. The van der Waals surface area contributed by atoms with Gasteiger partial charge in [-0.3, -0.25) is 4.79 Å². The molecule has 0 spiro atoms. The number of fused-ring (bicyclic) bond motifs is 1. The second-order valence-electron chi connectivity index (χ2n) is 5.64. The molecule has 5 nitrogen and oxygen atoms in total. The van der Waals surface area contributed by atoms with Gasteiger partial charge in [-0.1, -0.05) is 30.3 Å². The Morgan fingerprint density at radius 2 is 2.08 bits per heavy atom. The van der Waals surface area contributed by atoms with Crippen molar-refractivity contribution < 1.29 is 19.1 Å². The van der Waals surface area contributed by atoms with Gasteiger partial charge in [-0.05, 0) is 30.7 Å². The number of para-hydroxylation sites is 1. The SMILES string of the molecule is Cc1cccc(OCC(O)CNC(=O)c2coc3ccccc23)c1. The molecule has 1 atom stereocenters. The van der Waals surface area contributed by atoms with E-state index < -0.39 is 6.10 Å². The fourth-order valence-electron chi connectivity index (χ4n) is 2.42. The molecule has 2 aromatic carbocycles. The van der Waals surface area contributed by atoms with Gasteiger partial charge in [0.1, 0.15) is 30.3 Å².